The van der Waals surface area contributed by atoms with Gasteiger partial charge in [-0.15, -0.1) is 0 Å². The Hall–Kier alpha value is -1.49. The van der Waals surface area contributed by atoms with Crippen LogP contribution >= 0.6 is 0 Å². The number of rotatable bonds is 3. The molecule has 2 saturated heterocycles. The van der Waals surface area contributed by atoms with Gasteiger partial charge < -0.3 is 40.0 Å². The molecule has 4 aliphatic carbocycles. The number of carbonyl (C=O) groups is 1. The molecule has 6 aliphatic rings. The van der Waals surface area contributed by atoms with Crippen molar-refractivity contribution in [3.8, 4) is 0 Å². The molecule has 188 valence electrons. The van der Waals surface area contributed by atoms with E-state index in [1.807, 2.05) is 6.92 Å². The van der Waals surface area contributed by atoms with Crippen LogP contribution in [0.5, 0.6) is 0 Å². The minimum atomic E-state index is -2.31. The zero-order valence-electron chi connectivity index (χ0n) is 20.3. The van der Waals surface area contributed by atoms with E-state index >= 15 is 0 Å². The monoisotopic (exact) mass is 477 g/mol. The number of ether oxygens (including phenoxy) is 2. The Morgan fingerprint density at radius 3 is 2.47 bits per heavy atom. The largest absolute Gasteiger partial charge is 0.451 e. The first-order valence-corrected chi connectivity index (χ1v) is 12.2. The van der Waals surface area contributed by atoms with Crippen molar-refractivity contribution in [2.24, 2.45) is 22.7 Å². The summed E-state index contributed by atoms with van der Waals surface area (Å²) in [6.07, 6.45) is 0.736. The van der Waals surface area contributed by atoms with E-state index in [1.54, 1.807) is 33.0 Å². The maximum absolute atomic E-state index is 13.2. The molecular weight excluding hydrogens is 442 g/mol. The predicted octanol–water partition coefficient (Wildman–Crippen LogP) is 0.842. The SMILES string of the molecule is CC1CCC2(O)C3(C)CC4(O)OC2(C1)C1(O)C3(O)C(OC(=O)c2ccc[nH]2)C(O)(C(C)C)C41C. The Morgan fingerprint density at radius 2 is 1.88 bits per heavy atom. The predicted molar refractivity (Wildman–Crippen MR) is 117 cm³/mol. The van der Waals surface area contributed by atoms with Crippen molar-refractivity contribution in [1.82, 2.24) is 4.98 Å². The highest BCUT2D eigenvalue weighted by atomic mass is 16.7. The number of nitrogens with one attached hydrogen (secondary N) is 1. The Kier molecular flexibility index (Phi) is 3.87. The second-order valence-electron chi connectivity index (χ2n) is 12.4. The van der Waals surface area contributed by atoms with Crippen LogP contribution in [0, 0.1) is 22.7 Å². The molecule has 1 aromatic rings. The minimum absolute atomic E-state index is 0.0215. The fraction of sp³-hybridized carbons (Fsp3) is 0.800. The highest BCUT2D eigenvalue weighted by Gasteiger charge is 3.09. The summed E-state index contributed by atoms with van der Waals surface area (Å²) in [4.78, 5) is 15.9. The lowest BCUT2D eigenvalue weighted by molar-refractivity contribution is -0.378. The van der Waals surface area contributed by atoms with Crippen LogP contribution in [0.2, 0.25) is 0 Å². The van der Waals surface area contributed by atoms with Crippen LogP contribution in [-0.2, 0) is 9.47 Å². The van der Waals surface area contributed by atoms with Crippen molar-refractivity contribution in [3.63, 3.8) is 0 Å². The summed E-state index contributed by atoms with van der Waals surface area (Å²) in [7, 11) is 0. The summed E-state index contributed by atoms with van der Waals surface area (Å²) in [6.45, 7) is 8.47. The van der Waals surface area contributed by atoms with E-state index in [2.05, 4.69) is 4.98 Å². The number of aliphatic hydroxyl groups is 5. The van der Waals surface area contributed by atoms with E-state index in [0.29, 0.717) is 6.42 Å². The van der Waals surface area contributed by atoms with Gasteiger partial charge in [-0.2, -0.15) is 0 Å². The summed E-state index contributed by atoms with van der Waals surface area (Å²) in [5.41, 5.74) is -13.5. The van der Waals surface area contributed by atoms with Gasteiger partial charge in [-0.1, -0.05) is 27.7 Å². The van der Waals surface area contributed by atoms with E-state index in [1.165, 1.54) is 13.0 Å². The number of H-pyrrole nitrogens is 1. The van der Waals surface area contributed by atoms with Crippen LogP contribution in [0.3, 0.4) is 0 Å². The normalized spacial score (nSPS) is 59.0. The first kappa shape index (κ1) is 22.9. The molecule has 34 heavy (non-hydrogen) atoms. The summed E-state index contributed by atoms with van der Waals surface area (Å²) >= 11 is 0. The maximum Gasteiger partial charge on any atom is 0.355 e. The molecular formula is C25H35NO8. The number of esters is 1. The topological polar surface area (TPSA) is 152 Å². The maximum atomic E-state index is 13.2. The number of hydrogen-bond acceptors (Lipinski definition) is 8. The smallest absolute Gasteiger partial charge is 0.355 e. The van der Waals surface area contributed by atoms with Gasteiger partial charge in [0.25, 0.3) is 0 Å². The van der Waals surface area contributed by atoms with Gasteiger partial charge in [-0.05, 0) is 50.2 Å². The van der Waals surface area contributed by atoms with Crippen molar-refractivity contribution in [3.05, 3.63) is 24.0 Å². The Morgan fingerprint density at radius 1 is 1.21 bits per heavy atom. The third-order valence-electron chi connectivity index (χ3n) is 11.1. The van der Waals surface area contributed by atoms with Crippen LogP contribution in [0.15, 0.2) is 18.3 Å². The minimum Gasteiger partial charge on any atom is -0.451 e. The average molecular weight is 478 g/mol. The van der Waals surface area contributed by atoms with Crippen LogP contribution in [0.1, 0.15) is 70.8 Å². The van der Waals surface area contributed by atoms with E-state index < -0.39 is 62.6 Å². The summed E-state index contributed by atoms with van der Waals surface area (Å²) in [6, 6.07) is 3.13. The van der Waals surface area contributed by atoms with E-state index in [-0.39, 0.29) is 30.9 Å². The molecule has 9 heteroatoms. The lowest BCUT2D eigenvalue weighted by Crippen LogP contribution is -2.73. The van der Waals surface area contributed by atoms with Gasteiger partial charge in [0.2, 0.25) is 0 Å². The first-order chi connectivity index (χ1) is 15.6. The van der Waals surface area contributed by atoms with E-state index in [4.69, 9.17) is 9.47 Å². The molecule has 10 unspecified atom stereocenters. The molecule has 4 saturated carbocycles. The Labute approximate surface area is 198 Å². The molecule has 6 fully saturated rings. The van der Waals surface area contributed by atoms with Gasteiger partial charge in [0.1, 0.15) is 33.7 Å². The van der Waals surface area contributed by atoms with Crippen molar-refractivity contribution in [1.29, 1.82) is 0 Å². The lowest BCUT2D eigenvalue weighted by atomic mass is 9.52. The number of carbonyl (C=O) groups excluding carboxylic acids is 1. The van der Waals surface area contributed by atoms with Crippen LogP contribution in [-0.4, -0.2) is 76.4 Å². The molecule has 0 amide bonds. The molecule has 3 heterocycles. The van der Waals surface area contributed by atoms with Crippen LogP contribution in [0.25, 0.3) is 0 Å². The van der Waals surface area contributed by atoms with Crippen molar-refractivity contribution >= 4 is 5.97 Å². The Balaban J connectivity index is 1.67. The molecule has 1 spiro atoms. The van der Waals surface area contributed by atoms with E-state index in [0.717, 1.165) is 0 Å². The van der Waals surface area contributed by atoms with Gasteiger partial charge in [0.05, 0.1) is 5.41 Å². The Bertz CT molecular complexity index is 1090. The average Bonchev–Trinajstić information content (AvgIpc) is 3.37. The van der Waals surface area contributed by atoms with Gasteiger partial charge in [-0.25, -0.2) is 4.79 Å². The fourth-order valence-corrected chi connectivity index (χ4v) is 9.59. The van der Waals surface area contributed by atoms with Gasteiger partial charge >= 0.3 is 5.97 Å². The van der Waals surface area contributed by atoms with Gasteiger partial charge in [-0.3, -0.25) is 0 Å². The van der Waals surface area contributed by atoms with Gasteiger partial charge in [0.15, 0.2) is 11.9 Å². The molecule has 7 rings (SSSR count). The zero-order valence-corrected chi connectivity index (χ0v) is 20.3. The summed E-state index contributed by atoms with van der Waals surface area (Å²) < 4.78 is 12.2. The molecule has 9 nitrogen and oxygen atoms in total. The van der Waals surface area contributed by atoms with Crippen molar-refractivity contribution < 1.29 is 39.8 Å². The number of hydrogen-bond donors (Lipinski definition) is 6. The van der Waals surface area contributed by atoms with E-state index in [9.17, 15) is 30.3 Å². The third kappa shape index (κ3) is 1.66. The standard InChI is InChI=1S/C25H35NO8/c1-13(2)23(30)17(33-16(27)15-7-6-10-26-15)24(31)18(4)12-22(29)19(23,5)25(24,32)21(34-22)11-14(3)8-9-20(18,21)28/h6-7,10,13-14,17,26,28-32H,8-9,11-12H2,1-5H3. The zero-order chi connectivity index (χ0) is 25.0. The quantitative estimate of drug-likeness (QED) is 0.350. The molecule has 6 bridgehead atoms. The highest BCUT2D eigenvalue weighted by molar-refractivity contribution is 5.87. The molecule has 1 aromatic heterocycles. The second kappa shape index (κ2) is 5.74. The number of aromatic nitrogens is 1. The summed E-state index contributed by atoms with van der Waals surface area (Å²) in [5, 5.41) is 62.3. The molecule has 0 radical (unpaired) electrons. The molecule has 0 aromatic carbocycles. The van der Waals surface area contributed by atoms with Crippen LogP contribution < -0.4 is 0 Å². The van der Waals surface area contributed by atoms with Crippen LogP contribution in [0.4, 0.5) is 0 Å². The molecule has 10 atom stereocenters. The van der Waals surface area contributed by atoms with Crippen molar-refractivity contribution in [2.75, 3.05) is 0 Å². The fourth-order valence-electron chi connectivity index (χ4n) is 9.59. The lowest BCUT2D eigenvalue weighted by Gasteiger charge is -2.60. The third-order valence-corrected chi connectivity index (χ3v) is 11.1. The van der Waals surface area contributed by atoms with Gasteiger partial charge in [0, 0.05) is 18.0 Å². The first-order valence-electron chi connectivity index (χ1n) is 12.2. The molecule has 2 aliphatic heterocycles. The molecule has 6 N–H and O–H groups in total. The highest BCUT2D eigenvalue weighted by Crippen LogP contribution is 2.90. The number of aromatic amines is 1. The summed E-state index contributed by atoms with van der Waals surface area (Å²) in [5.74, 6) is -3.53. The van der Waals surface area contributed by atoms with Crippen molar-refractivity contribution in [2.45, 2.75) is 100 Å². The second-order valence-corrected chi connectivity index (χ2v) is 12.4.